The zero-order chi connectivity index (χ0) is 20.9. The molecule has 6 heteroatoms. The number of phenolic OH excluding ortho intramolecular Hbond substituents is 1. The van der Waals surface area contributed by atoms with Crippen molar-refractivity contribution >= 4 is 11.9 Å². The van der Waals surface area contributed by atoms with Gasteiger partial charge in [0.2, 0.25) is 0 Å². The summed E-state index contributed by atoms with van der Waals surface area (Å²) in [6.45, 7) is 5.62. The van der Waals surface area contributed by atoms with Crippen LogP contribution in [-0.4, -0.2) is 34.4 Å². The maximum Gasteiger partial charge on any atom is 0.303 e. The minimum atomic E-state index is -0.864. The number of rotatable bonds is 4. The second-order valence-corrected chi connectivity index (χ2v) is 8.71. The van der Waals surface area contributed by atoms with Gasteiger partial charge in [0.05, 0.1) is 0 Å². The fourth-order valence-electron chi connectivity index (χ4n) is 5.89. The van der Waals surface area contributed by atoms with Crippen molar-refractivity contribution in [2.75, 3.05) is 0 Å². The Hall–Kier alpha value is -2.50. The van der Waals surface area contributed by atoms with Crippen LogP contribution in [0.1, 0.15) is 56.2 Å². The molecular weight excluding hydrogens is 372 g/mol. The molecule has 156 valence electrons. The average molecular weight is 400 g/mol. The lowest BCUT2D eigenvalue weighted by atomic mass is 9.54. The fraction of sp³-hybridized carbons (Fsp3) is 0.565. The summed E-state index contributed by atoms with van der Waals surface area (Å²) in [5.74, 6) is -0.0855. The first kappa shape index (κ1) is 19.8. The second-order valence-electron chi connectivity index (χ2n) is 8.71. The van der Waals surface area contributed by atoms with E-state index >= 15 is 0 Å². The van der Waals surface area contributed by atoms with Crippen molar-refractivity contribution in [1.29, 1.82) is 0 Å². The van der Waals surface area contributed by atoms with E-state index in [9.17, 15) is 14.7 Å². The predicted octanol–water partition coefficient (Wildman–Crippen LogP) is 3.65. The van der Waals surface area contributed by atoms with E-state index in [-0.39, 0.29) is 29.5 Å². The van der Waals surface area contributed by atoms with Crippen LogP contribution >= 0.6 is 0 Å². The van der Waals surface area contributed by atoms with Crippen molar-refractivity contribution in [3.05, 3.63) is 34.9 Å². The van der Waals surface area contributed by atoms with Gasteiger partial charge in [0, 0.05) is 24.3 Å². The van der Waals surface area contributed by atoms with Crippen molar-refractivity contribution in [1.82, 2.24) is 0 Å². The number of carboxylic acids is 1. The SMILES string of the molecule is CC(=O)O[C@H]1C=CC2[C@@H](C)CCC[C@@]23c2c(C)c(CCC(=O)O)cc(O)c2O[C@@H]13. The molecule has 0 radical (unpaired) electrons. The molecule has 1 aromatic carbocycles. The highest BCUT2D eigenvalue weighted by atomic mass is 16.6. The molecule has 2 N–H and O–H groups in total. The molecule has 0 amide bonds. The summed E-state index contributed by atoms with van der Waals surface area (Å²) < 4.78 is 11.9. The third-order valence-electron chi connectivity index (χ3n) is 7.02. The van der Waals surface area contributed by atoms with Crippen molar-refractivity contribution in [3.63, 3.8) is 0 Å². The zero-order valence-corrected chi connectivity index (χ0v) is 17.1. The van der Waals surface area contributed by atoms with Crippen LogP contribution in [0.3, 0.4) is 0 Å². The normalized spacial score (nSPS) is 32.0. The van der Waals surface area contributed by atoms with E-state index < -0.39 is 18.2 Å². The van der Waals surface area contributed by atoms with Gasteiger partial charge in [-0.15, -0.1) is 0 Å². The fourth-order valence-corrected chi connectivity index (χ4v) is 5.89. The van der Waals surface area contributed by atoms with Crippen molar-refractivity contribution < 1.29 is 29.3 Å². The van der Waals surface area contributed by atoms with Gasteiger partial charge in [-0.1, -0.05) is 25.8 Å². The number of allylic oxidation sites excluding steroid dienone is 1. The summed E-state index contributed by atoms with van der Waals surface area (Å²) in [4.78, 5) is 22.8. The first-order valence-electron chi connectivity index (χ1n) is 10.4. The van der Waals surface area contributed by atoms with E-state index in [0.717, 1.165) is 36.0 Å². The van der Waals surface area contributed by atoms with Crippen LogP contribution in [0.5, 0.6) is 11.5 Å². The van der Waals surface area contributed by atoms with Crippen LogP contribution in [0.2, 0.25) is 0 Å². The van der Waals surface area contributed by atoms with Gasteiger partial charge in [-0.2, -0.15) is 0 Å². The van der Waals surface area contributed by atoms with E-state index in [1.165, 1.54) is 6.92 Å². The van der Waals surface area contributed by atoms with Gasteiger partial charge in [-0.3, -0.25) is 9.59 Å². The molecule has 0 aromatic heterocycles. The summed E-state index contributed by atoms with van der Waals surface area (Å²) in [7, 11) is 0. The number of aryl methyl sites for hydroxylation is 1. The number of carbonyl (C=O) groups excluding carboxylic acids is 1. The van der Waals surface area contributed by atoms with Crippen molar-refractivity contribution in [2.24, 2.45) is 11.8 Å². The minimum absolute atomic E-state index is 0.00611. The molecule has 1 unspecified atom stereocenters. The molecule has 6 nitrogen and oxygen atoms in total. The Balaban J connectivity index is 1.88. The maximum absolute atomic E-state index is 11.7. The standard InChI is InChI=1S/C23H28O6/c1-12-5-4-10-23-16(12)7-8-18(28-14(3)24)22(23)29-21-17(25)11-15(6-9-19(26)27)13(2)20(21)23/h7-8,11-12,16,18,22,25H,4-6,9-10H2,1-3H3,(H,26,27)/t12-,16?,18-,22-,23-/m0/s1. The zero-order valence-electron chi connectivity index (χ0n) is 17.1. The molecule has 1 aliphatic heterocycles. The minimum Gasteiger partial charge on any atom is -0.504 e. The average Bonchev–Trinajstić information content (AvgIpc) is 2.99. The van der Waals surface area contributed by atoms with E-state index in [1.54, 1.807) is 6.07 Å². The Labute approximate surface area is 170 Å². The van der Waals surface area contributed by atoms with E-state index in [1.807, 2.05) is 13.0 Å². The number of esters is 1. The molecule has 1 saturated carbocycles. The Kier molecular flexibility index (Phi) is 4.83. The van der Waals surface area contributed by atoms with Gasteiger partial charge in [0.15, 0.2) is 17.6 Å². The molecule has 3 aliphatic rings. The number of fused-ring (bicyclic) bond motifs is 1. The third-order valence-corrected chi connectivity index (χ3v) is 7.02. The second kappa shape index (κ2) is 7.08. The number of aliphatic carboxylic acids is 1. The van der Waals surface area contributed by atoms with Gasteiger partial charge in [0.1, 0.15) is 6.10 Å². The van der Waals surface area contributed by atoms with Gasteiger partial charge >= 0.3 is 11.9 Å². The van der Waals surface area contributed by atoms with Crippen LogP contribution in [0.15, 0.2) is 18.2 Å². The highest BCUT2D eigenvalue weighted by Crippen LogP contribution is 2.62. The quantitative estimate of drug-likeness (QED) is 0.592. The number of aromatic hydroxyl groups is 1. The van der Waals surface area contributed by atoms with Crippen LogP contribution < -0.4 is 4.74 Å². The van der Waals surface area contributed by atoms with Crippen molar-refractivity contribution in [2.45, 2.75) is 70.5 Å². The first-order valence-corrected chi connectivity index (χ1v) is 10.4. The summed E-state index contributed by atoms with van der Waals surface area (Å²) >= 11 is 0. The summed E-state index contributed by atoms with van der Waals surface area (Å²) in [5, 5.41) is 19.9. The van der Waals surface area contributed by atoms with Crippen LogP contribution in [0.4, 0.5) is 0 Å². The van der Waals surface area contributed by atoms with E-state index in [2.05, 4.69) is 13.0 Å². The molecule has 1 fully saturated rings. The predicted molar refractivity (Wildman–Crippen MR) is 106 cm³/mol. The molecule has 1 spiro atoms. The highest BCUT2D eigenvalue weighted by Gasteiger charge is 2.61. The molecule has 2 aliphatic carbocycles. The molecule has 5 atom stereocenters. The molecule has 4 rings (SSSR count). The van der Waals surface area contributed by atoms with Crippen LogP contribution in [0.25, 0.3) is 0 Å². The summed E-state index contributed by atoms with van der Waals surface area (Å²) in [6, 6.07) is 1.63. The lowest BCUT2D eigenvalue weighted by Gasteiger charge is -2.50. The Morgan fingerprint density at radius 3 is 2.79 bits per heavy atom. The van der Waals surface area contributed by atoms with Gasteiger partial charge in [-0.05, 0) is 54.9 Å². The molecule has 0 bridgehead atoms. The van der Waals surface area contributed by atoms with E-state index in [4.69, 9.17) is 14.6 Å². The number of phenols is 1. The largest absolute Gasteiger partial charge is 0.504 e. The van der Waals surface area contributed by atoms with Crippen LogP contribution in [0, 0.1) is 18.8 Å². The number of carbonyl (C=O) groups is 2. The smallest absolute Gasteiger partial charge is 0.303 e. The Morgan fingerprint density at radius 1 is 1.34 bits per heavy atom. The Morgan fingerprint density at radius 2 is 2.10 bits per heavy atom. The molecule has 1 aromatic rings. The van der Waals surface area contributed by atoms with Gasteiger partial charge in [-0.25, -0.2) is 0 Å². The van der Waals surface area contributed by atoms with Crippen molar-refractivity contribution in [3.8, 4) is 11.5 Å². The monoisotopic (exact) mass is 400 g/mol. The molecule has 0 saturated heterocycles. The first-order chi connectivity index (χ1) is 13.8. The Bertz CT molecular complexity index is 888. The topological polar surface area (TPSA) is 93.1 Å². The number of hydrogen-bond donors (Lipinski definition) is 2. The number of ether oxygens (including phenoxy) is 2. The lowest BCUT2D eigenvalue weighted by Crippen LogP contribution is -2.56. The molecular formula is C23H28O6. The van der Waals surface area contributed by atoms with Gasteiger partial charge < -0.3 is 19.7 Å². The molecule has 29 heavy (non-hydrogen) atoms. The molecule has 1 heterocycles. The lowest BCUT2D eigenvalue weighted by molar-refractivity contribution is -0.151. The number of carboxylic acid groups (broad SMARTS) is 1. The summed E-state index contributed by atoms with van der Waals surface area (Å²) in [6.07, 6.45) is 6.56. The van der Waals surface area contributed by atoms with E-state index in [0.29, 0.717) is 18.1 Å². The number of benzene rings is 1. The van der Waals surface area contributed by atoms with Gasteiger partial charge in [0.25, 0.3) is 0 Å². The maximum atomic E-state index is 11.7. The highest BCUT2D eigenvalue weighted by molar-refractivity contribution is 5.69. The summed E-state index contributed by atoms with van der Waals surface area (Å²) in [5.41, 5.74) is 2.40. The van der Waals surface area contributed by atoms with Crippen LogP contribution in [-0.2, 0) is 26.2 Å². The third kappa shape index (κ3) is 3.00. The number of hydrogen-bond acceptors (Lipinski definition) is 5.